The van der Waals surface area contributed by atoms with E-state index in [-0.39, 0.29) is 26.2 Å². The molecule has 0 N–H and O–H groups in total. The Kier molecular flexibility index (Phi) is 8.91. The fourth-order valence-corrected chi connectivity index (χ4v) is 3.81. The molecule has 3 heteroatoms. The second-order valence-corrected chi connectivity index (χ2v) is 7.77. The molecule has 6 rings (SSSR count). The quantitative estimate of drug-likeness (QED) is 0.150. The zero-order chi connectivity index (χ0) is 20.8. The Morgan fingerprint density at radius 1 is 0.419 bits per heavy atom. The van der Waals surface area contributed by atoms with Crippen LogP contribution in [0.15, 0.2) is 109 Å². The van der Waals surface area contributed by atoms with E-state index in [0.717, 1.165) is 0 Å². The summed E-state index contributed by atoms with van der Waals surface area (Å²) in [4.78, 5) is 0. The SMILES string of the molecule is ClCCCl.[Zr+2].c1ccc2c(c1)[cH-]c1ccccc12.c1ccc2c(c1)[cH-]c1ccccc12. The number of fused-ring (bicyclic) bond motifs is 6. The van der Waals surface area contributed by atoms with E-state index in [1.807, 2.05) is 0 Å². The molecule has 0 aliphatic carbocycles. The van der Waals surface area contributed by atoms with E-state index in [4.69, 9.17) is 23.2 Å². The van der Waals surface area contributed by atoms with Crippen LogP contribution in [0, 0.1) is 0 Å². The largest absolute Gasteiger partial charge is 2.00 e. The van der Waals surface area contributed by atoms with Crippen LogP contribution in [0.2, 0.25) is 0 Å². The molecule has 31 heavy (non-hydrogen) atoms. The van der Waals surface area contributed by atoms with E-state index in [0.29, 0.717) is 11.8 Å². The molecule has 6 aromatic rings. The van der Waals surface area contributed by atoms with Crippen molar-refractivity contribution >= 4 is 66.3 Å². The van der Waals surface area contributed by atoms with Crippen LogP contribution in [0.3, 0.4) is 0 Å². The number of halogens is 2. The summed E-state index contributed by atoms with van der Waals surface area (Å²) in [5, 5.41) is 10.8. The van der Waals surface area contributed by atoms with Crippen molar-refractivity contribution in [1.82, 2.24) is 0 Å². The van der Waals surface area contributed by atoms with E-state index in [1.165, 1.54) is 43.1 Å². The maximum Gasteiger partial charge on any atom is 2.00 e. The summed E-state index contributed by atoms with van der Waals surface area (Å²) in [5.41, 5.74) is 0. The van der Waals surface area contributed by atoms with Crippen LogP contribution in [-0.2, 0) is 26.2 Å². The molecule has 0 spiro atoms. The molecule has 152 valence electrons. The third-order valence-electron chi connectivity index (χ3n) is 5.12. The molecular weight excluding hydrogens is 498 g/mol. The summed E-state index contributed by atoms with van der Waals surface area (Å²) in [5.74, 6) is 1.11. The van der Waals surface area contributed by atoms with Gasteiger partial charge in [0.1, 0.15) is 0 Å². The summed E-state index contributed by atoms with van der Waals surface area (Å²) >= 11 is 10.1. The van der Waals surface area contributed by atoms with E-state index >= 15 is 0 Å². The van der Waals surface area contributed by atoms with Gasteiger partial charge in [-0.25, -0.2) is 0 Å². The summed E-state index contributed by atoms with van der Waals surface area (Å²) in [6.45, 7) is 0. The number of rotatable bonds is 1. The fraction of sp³-hybridized carbons (Fsp3) is 0.0714. The van der Waals surface area contributed by atoms with E-state index in [2.05, 4.69) is 109 Å². The standard InChI is InChI=1S/2C13H9.C2H4Cl2.Zr/c2*1-3-7-12-10(5-1)9-11-6-2-4-8-13(11)12;3-1-2-4;/h2*1-9H;1-2H2;/q2*-1;;+2. The molecule has 0 unspecified atom stereocenters. The van der Waals surface area contributed by atoms with Crippen LogP contribution in [-0.4, -0.2) is 11.8 Å². The van der Waals surface area contributed by atoms with Crippen LogP contribution in [0.5, 0.6) is 0 Å². The molecular formula is C28H22Cl2Zr. The molecule has 0 aliphatic rings. The number of hydrogen-bond donors (Lipinski definition) is 0. The van der Waals surface area contributed by atoms with Gasteiger partial charge in [0.2, 0.25) is 0 Å². The molecule has 0 radical (unpaired) electrons. The Bertz CT molecular complexity index is 1170. The third kappa shape index (κ3) is 5.47. The van der Waals surface area contributed by atoms with Gasteiger partial charge in [-0.15, -0.1) is 103 Å². The molecule has 0 fully saturated rings. The predicted octanol–water partition coefficient (Wildman–Crippen LogP) is 8.89. The van der Waals surface area contributed by atoms with Crippen molar-refractivity contribution in [2.75, 3.05) is 11.8 Å². The molecule has 0 amide bonds. The summed E-state index contributed by atoms with van der Waals surface area (Å²) in [6.07, 6.45) is 0. The van der Waals surface area contributed by atoms with Crippen LogP contribution in [0.4, 0.5) is 0 Å². The average molecular weight is 521 g/mol. The van der Waals surface area contributed by atoms with Crippen LogP contribution in [0.1, 0.15) is 0 Å². The van der Waals surface area contributed by atoms with Gasteiger partial charge in [0.25, 0.3) is 0 Å². The van der Waals surface area contributed by atoms with Crippen molar-refractivity contribution in [3.05, 3.63) is 109 Å². The van der Waals surface area contributed by atoms with Gasteiger partial charge in [-0.3, -0.25) is 0 Å². The van der Waals surface area contributed by atoms with Crippen molar-refractivity contribution in [2.45, 2.75) is 0 Å². The summed E-state index contributed by atoms with van der Waals surface area (Å²) < 4.78 is 0. The molecule has 0 aromatic heterocycles. The minimum Gasteiger partial charge on any atom is -0.126 e. The normalized spacial score (nSPS) is 10.3. The van der Waals surface area contributed by atoms with Gasteiger partial charge in [0, 0.05) is 11.8 Å². The molecule has 0 saturated heterocycles. The predicted molar refractivity (Wildman–Crippen MR) is 136 cm³/mol. The first kappa shape index (κ1) is 23.7. The summed E-state index contributed by atoms with van der Waals surface area (Å²) in [7, 11) is 0. The Balaban J connectivity index is 0.000000147. The second kappa shape index (κ2) is 11.6. The molecule has 0 bridgehead atoms. The van der Waals surface area contributed by atoms with E-state index in [9.17, 15) is 0 Å². The zero-order valence-electron chi connectivity index (χ0n) is 17.1. The van der Waals surface area contributed by atoms with Gasteiger partial charge in [-0.05, 0) is 0 Å². The van der Waals surface area contributed by atoms with E-state index in [1.54, 1.807) is 0 Å². The molecule has 0 aliphatic heterocycles. The Labute approximate surface area is 212 Å². The van der Waals surface area contributed by atoms with Gasteiger partial charge in [0.15, 0.2) is 0 Å². The van der Waals surface area contributed by atoms with Crippen LogP contribution >= 0.6 is 23.2 Å². The van der Waals surface area contributed by atoms with Crippen molar-refractivity contribution < 1.29 is 26.2 Å². The number of hydrogen-bond acceptors (Lipinski definition) is 0. The monoisotopic (exact) mass is 518 g/mol. The molecule has 0 heterocycles. The zero-order valence-corrected chi connectivity index (χ0v) is 21.0. The Morgan fingerprint density at radius 2 is 0.645 bits per heavy atom. The Hall–Kier alpha value is -1.92. The van der Waals surface area contributed by atoms with Crippen molar-refractivity contribution in [1.29, 1.82) is 0 Å². The van der Waals surface area contributed by atoms with Crippen molar-refractivity contribution in [3.63, 3.8) is 0 Å². The van der Waals surface area contributed by atoms with Crippen LogP contribution in [0.25, 0.3) is 43.1 Å². The maximum absolute atomic E-state index is 5.05. The second-order valence-electron chi connectivity index (χ2n) is 7.02. The first-order valence-corrected chi connectivity index (χ1v) is 11.1. The fourth-order valence-electron chi connectivity index (χ4n) is 3.81. The number of benzene rings is 4. The average Bonchev–Trinajstić information content (AvgIpc) is 3.38. The van der Waals surface area contributed by atoms with E-state index < -0.39 is 0 Å². The first-order valence-electron chi connectivity index (χ1n) is 10.00. The van der Waals surface area contributed by atoms with Crippen molar-refractivity contribution in [3.8, 4) is 0 Å². The first-order chi connectivity index (χ1) is 14.8. The maximum atomic E-state index is 5.05. The molecule has 6 aromatic carbocycles. The molecule has 0 atom stereocenters. The topological polar surface area (TPSA) is 0 Å². The van der Waals surface area contributed by atoms with Gasteiger partial charge in [-0.2, -0.15) is 0 Å². The van der Waals surface area contributed by atoms with Gasteiger partial charge in [0.05, 0.1) is 0 Å². The molecule has 0 nitrogen and oxygen atoms in total. The third-order valence-corrected chi connectivity index (χ3v) is 5.69. The number of alkyl halides is 2. The van der Waals surface area contributed by atoms with Gasteiger partial charge < -0.3 is 0 Å². The van der Waals surface area contributed by atoms with Crippen LogP contribution < -0.4 is 0 Å². The Morgan fingerprint density at radius 3 is 0.871 bits per heavy atom. The smallest absolute Gasteiger partial charge is 0.126 e. The molecule has 0 saturated carbocycles. The van der Waals surface area contributed by atoms with Crippen molar-refractivity contribution in [2.24, 2.45) is 0 Å². The van der Waals surface area contributed by atoms with Gasteiger partial charge in [-0.1, -0.05) is 72.8 Å². The van der Waals surface area contributed by atoms with Gasteiger partial charge >= 0.3 is 26.2 Å². The minimum absolute atomic E-state index is 0. The summed E-state index contributed by atoms with van der Waals surface area (Å²) in [6, 6.07) is 38.5. The minimum atomic E-state index is 0.